The topological polar surface area (TPSA) is 49.4 Å². The number of nitrogens with one attached hydrogen (secondary N) is 1. The molecule has 6 heteroatoms. The van der Waals surface area contributed by atoms with Gasteiger partial charge < -0.3 is 5.32 Å². The lowest BCUT2D eigenvalue weighted by molar-refractivity contribution is 0.290. The molecule has 1 aromatic carbocycles. The molecular formula is C16H27ClN2O2S. The molecule has 1 aliphatic rings. The van der Waals surface area contributed by atoms with E-state index in [0.29, 0.717) is 19.1 Å². The van der Waals surface area contributed by atoms with Crippen LogP contribution in [0.3, 0.4) is 0 Å². The van der Waals surface area contributed by atoms with E-state index in [2.05, 4.69) is 38.2 Å². The Hall–Kier alpha value is -0.620. The van der Waals surface area contributed by atoms with Gasteiger partial charge in [0.15, 0.2) is 0 Å². The van der Waals surface area contributed by atoms with Gasteiger partial charge in [0, 0.05) is 25.7 Å². The van der Waals surface area contributed by atoms with Crippen LogP contribution in [0.25, 0.3) is 0 Å². The molecule has 0 atom stereocenters. The standard InChI is InChI=1S/C16H26N2O2S.ClH/c1-12-9-13(2)16(14(3)10-12)11-17-15-5-7-18(8-6-15)21(4,19)20;/h9-10,15,17H,5-8,11H2,1-4H3;1H. The first kappa shape index (κ1) is 19.4. The molecule has 1 aromatic rings. The van der Waals surface area contributed by atoms with Gasteiger partial charge in [0.05, 0.1) is 6.26 Å². The van der Waals surface area contributed by atoms with E-state index < -0.39 is 10.0 Å². The third-order valence-corrected chi connectivity index (χ3v) is 5.63. The molecule has 1 fully saturated rings. The van der Waals surface area contributed by atoms with Gasteiger partial charge in [-0.05, 0) is 50.3 Å². The maximum Gasteiger partial charge on any atom is 0.211 e. The normalized spacial score (nSPS) is 17.3. The Kier molecular flexibility index (Phi) is 6.86. The first-order valence-electron chi connectivity index (χ1n) is 7.52. The Balaban J connectivity index is 0.00000242. The van der Waals surface area contributed by atoms with Gasteiger partial charge >= 0.3 is 0 Å². The summed E-state index contributed by atoms with van der Waals surface area (Å²) < 4.78 is 24.6. The first-order valence-corrected chi connectivity index (χ1v) is 9.37. The molecule has 0 amide bonds. The minimum absolute atomic E-state index is 0. The number of rotatable bonds is 4. The smallest absolute Gasteiger partial charge is 0.211 e. The highest BCUT2D eigenvalue weighted by Gasteiger charge is 2.24. The van der Waals surface area contributed by atoms with Gasteiger partial charge in [-0.3, -0.25) is 0 Å². The predicted molar refractivity (Wildman–Crippen MR) is 94.2 cm³/mol. The SMILES string of the molecule is Cc1cc(C)c(CNC2CCN(S(C)(=O)=O)CC2)c(C)c1.Cl. The van der Waals surface area contributed by atoms with Crippen LogP contribution < -0.4 is 5.32 Å². The van der Waals surface area contributed by atoms with Crippen molar-refractivity contribution in [3.8, 4) is 0 Å². The molecule has 1 N–H and O–H groups in total. The second-order valence-electron chi connectivity index (χ2n) is 6.19. The third-order valence-electron chi connectivity index (χ3n) is 4.33. The van der Waals surface area contributed by atoms with Crippen molar-refractivity contribution in [2.45, 2.75) is 46.2 Å². The summed E-state index contributed by atoms with van der Waals surface area (Å²) in [6, 6.07) is 4.84. The Bertz CT molecular complexity index is 586. The van der Waals surface area contributed by atoms with E-state index in [9.17, 15) is 8.42 Å². The van der Waals surface area contributed by atoms with Crippen LogP contribution in [0.15, 0.2) is 12.1 Å². The van der Waals surface area contributed by atoms with E-state index in [4.69, 9.17) is 0 Å². The zero-order valence-corrected chi connectivity index (χ0v) is 15.5. The van der Waals surface area contributed by atoms with Crippen molar-refractivity contribution in [1.29, 1.82) is 0 Å². The summed E-state index contributed by atoms with van der Waals surface area (Å²) in [4.78, 5) is 0. The minimum Gasteiger partial charge on any atom is -0.310 e. The number of hydrogen-bond donors (Lipinski definition) is 1. The van der Waals surface area contributed by atoms with E-state index in [-0.39, 0.29) is 12.4 Å². The summed E-state index contributed by atoms with van der Waals surface area (Å²) >= 11 is 0. The molecule has 0 spiro atoms. The average molecular weight is 347 g/mol. The molecule has 1 heterocycles. The van der Waals surface area contributed by atoms with Crippen molar-refractivity contribution in [3.63, 3.8) is 0 Å². The fourth-order valence-electron chi connectivity index (χ4n) is 3.13. The maximum absolute atomic E-state index is 11.5. The number of piperidine rings is 1. The van der Waals surface area contributed by atoms with Crippen LogP contribution in [-0.4, -0.2) is 38.1 Å². The number of aryl methyl sites for hydroxylation is 3. The molecule has 0 saturated carbocycles. The number of nitrogens with zero attached hydrogens (tertiary/aromatic N) is 1. The largest absolute Gasteiger partial charge is 0.310 e. The van der Waals surface area contributed by atoms with Gasteiger partial charge in [-0.15, -0.1) is 12.4 Å². The molecule has 0 unspecified atom stereocenters. The van der Waals surface area contributed by atoms with Crippen molar-refractivity contribution < 1.29 is 8.42 Å². The molecule has 2 rings (SSSR count). The third kappa shape index (κ3) is 4.95. The van der Waals surface area contributed by atoms with Gasteiger partial charge in [-0.2, -0.15) is 0 Å². The summed E-state index contributed by atoms with van der Waals surface area (Å²) in [6.07, 6.45) is 3.06. The number of sulfonamides is 1. The van der Waals surface area contributed by atoms with E-state index in [1.165, 1.54) is 28.5 Å². The number of benzene rings is 1. The molecule has 4 nitrogen and oxygen atoms in total. The molecule has 1 saturated heterocycles. The lowest BCUT2D eigenvalue weighted by Crippen LogP contribution is -2.44. The predicted octanol–water partition coefficient (Wildman–Crippen LogP) is 2.55. The summed E-state index contributed by atoms with van der Waals surface area (Å²) in [5.41, 5.74) is 5.32. The Morgan fingerprint density at radius 1 is 1.14 bits per heavy atom. The number of hydrogen-bond acceptors (Lipinski definition) is 3. The van der Waals surface area contributed by atoms with Crippen LogP contribution in [0.2, 0.25) is 0 Å². The molecule has 126 valence electrons. The van der Waals surface area contributed by atoms with Crippen LogP contribution in [0.5, 0.6) is 0 Å². The molecule has 22 heavy (non-hydrogen) atoms. The zero-order chi connectivity index (χ0) is 15.6. The van der Waals surface area contributed by atoms with E-state index >= 15 is 0 Å². The van der Waals surface area contributed by atoms with Gasteiger partial charge in [0.25, 0.3) is 0 Å². The summed E-state index contributed by atoms with van der Waals surface area (Å²) in [6.45, 7) is 8.55. The fraction of sp³-hybridized carbons (Fsp3) is 0.625. The highest BCUT2D eigenvalue weighted by atomic mass is 35.5. The monoisotopic (exact) mass is 346 g/mol. The van der Waals surface area contributed by atoms with E-state index in [1.807, 2.05) is 0 Å². The second kappa shape index (κ2) is 7.77. The van der Waals surface area contributed by atoms with E-state index in [1.54, 1.807) is 4.31 Å². The van der Waals surface area contributed by atoms with Gasteiger partial charge in [0.1, 0.15) is 0 Å². The Morgan fingerprint density at radius 2 is 1.64 bits per heavy atom. The van der Waals surface area contributed by atoms with Crippen LogP contribution in [0, 0.1) is 20.8 Å². The first-order chi connectivity index (χ1) is 9.77. The molecule has 0 bridgehead atoms. The van der Waals surface area contributed by atoms with Crippen molar-refractivity contribution >= 4 is 22.4 Å². The zero-order valence-electron chi connectivity index (χ0n) is 13.8. The number of halogens is 1. The van der Waals surface area contributed by atoms with Crippen molar-refractivity contribution in [2.75, 3.05) is 19.3 Å². The molecule has 0 aliphatic carbocycles. The second-order valence-corrected chi connectivity index (χ2v) is 8.18. The molecule has 1 aliphatic heterocycles. The fourth-order valence-corrected chi connectivity index (χ4v) is 4.00. The van der Waals surface area contributed by atoms with Gasteiger partial charge in [-0.25, -0.2) is 12.7 Å². The lowest BCUT2D eigenvalue weighted by Gasteiger charge is -2.31. The Morgan fingerprint density at radius 3 is 2.09 bits per heavy atom. The molecular weight excluding hydrogens is 320 g/mol. The lowest BCUT2D eigenvalue weighted by atomic mass is 9.99. The summed E-state index contributed by atoms with van der Waals surface area (Å²) in [5.74, 6) is 0. The van der Waals surface area contributed by atoms with Gasteiger partial charge in [-0.1, -0.05) is 17.7 Å². The highest BCUT2D eigenvalue weighted by molar-refractivity contribution is 7.88. The van der Waals surface area contributed by atoms with Crippen LogP contribution in [-0.2, 0) is 16.6 Å². The summed E-state index contributed by atoms with van der Waals surface area (Å²) in [7, 11) is -3.03. The van der Waals surface area contributed by atoms with E-state index in [0.717, 1.165) is 19.4 Å². The van der Waals surface area contributed by atoms with Crippen molar-refractivity contribution in [2.24, 2.45) is 0 Å². The molecule has 0 radical (unpaired) electrons. The van der Waals surface area contributed by atoms with Crippen LogP contribution in [0.4, 0.5) is 0 Å². The minimum atomic E-state index is -3.03. The quantitative estimate of drug-likeness (QED) is 0.911. The van der Waals surface area contributed by atoms with Crippen molar-refractivity contribution in [1.82, 2.24) is 9.62 Å². The highest BCUT2D eigenvalue weighted by Crippen LogP contribution is 2.18. The van der Waals surface area contributed by atoms with Crippen LogP contribution in [0.1, 0.15) is 35.1 Å². The van der Waals surface area contributed by atoms with Gasteiger partial charge in [0.2, 0.25) is 10.0 Å². The van der Waals surface area contributed by atoms with Crippen molar-refractivity contribution in [3.05, 3.63) is 34.4 Å². The maximum atomic E-state index is 11.5. The Labute approximate surface area is 140 Å². The average Bonchev–Trinajstić information content (AvgIpc) is 2.37. The molecule has 0 aromatic heterocycles. The van der Waals surface area contributed by atoms with Crippen LogP contribution >= 0.6 is 12.4 Å². The summed E-state index contributed by atoms with van der Waals surface area (Å²) in [5, 5.41) is 3.59.